The summed E-state index contributed by atoms with van der Waals surface area (Å²) in [6.07, 6.45) is 2.14. The van der Waals surface area contributed by atoms with Crippen LogP contribution in [0.15, 0.2) is 24.3 Å². The Bertz CT molecular complexity index is 410. The Hall–Kier alpha value is -1.75. The van der Waals surface area contributed by atoms with Gasteiger partial charge in [-0.2, -0.15) is 0 Å². The third kappa shape index (κ3) is 4.18. The first-order valence-corrected chi connectivity index (χ1v) is 5.54. The average Bonchev–Trinajstić information content (AvgIpc) is 2.28. The smallest absolute Gasteiger partial charge is 0.384 e. The topological polar surface area (TPSA) is 26.3 Å². The van der Waals surface area contributed by atoms with Crippen LogP contribution in [0.25, 0.3) is 0 Å². The molecular formula is C14H16O2. The van der Waals surface area contributed by atoms with Crippen LogP contribution in [0.5, 0.6) is 0 Å². The summed E-state index contributed by atoms with van der Waals surface area (Å²) in [6, 6.07) is 7.93. The Morgan fingerprint density at radius 3 is 2.88 bits per heavy atom. The molecule has 1 aromatic carbocycles. The van der Waals surface area contributed by atoms with Gasteiger partial charge in [-0.3, -0.25) is 0 Å². The van der Waals surface area contributed by atoms with Crippen molar-refractivity contribution in [2.24, 2.45) is 0 Å². The van der Waals surface area contributed by atoms with Crippen molar-refractivity contribution in [3.8, 4) is 11.8 Å². The van der Waals surface area contributed by atoms with Crippen LogP contribution in [0.4, 0.5) is 0 Å². The van der Waals surface area contributed by atoms with Crippen molar-refractivity contribution in [3.05, 3.63) is 35.4 Å². The maximum absolute atomic E-state index is 11.0. The van der Waals surface area contributed by atoms with Crippen LogP contribution in [0.2, 0.25) is 0 Å². The number of hydrogen-bond acceptors (Lipinski definition) is 2. The minimum absolute atomic E-state index is 0.364. The highest BCUT2D eigenvalue weighted by molar-refractivity contribution is 5.89. The molecule has 0 radical (unpaired) electrons. The molecule has 2 heteroatoms. The maximum Gasteiger partial charge on any atom is 0.384 e. The first-order valence-electron chi connectivity index (χ1n) is 5.54. The molecule has 2 nitrogen and oxygen atoms in total. The van der Waals surface area contributed by atoms with Gasteiger partial charge in [0.1, 0.15) is 0 Å². The largest absolute Gasteiger partial charge is 0.456 e. The van der Waals surface area contributed by atoms with Gasteiger partial charge in [0.25, 0.3) is 0 Å². The molecule has 0 aliphatic heterocycles. The van der Waals surface area contributed by atoms with Crippen molar-refractivity contribution in [2.45, 2.75) is 26.7 Å². The molecule has 1 rings (SSSR count). The Kier molecular flexibility index (Phi) is 5.15. The molecule has 0 unspecified atom stereocenters. The number of rotatable bonds is 3. The van der Waals surface area contributed by atoms with E-state index < -0.39 is 5.97 Å². The summed E-state index contributed by atoms with van der Waals surface area (Å²) in [7, 11) is 0. The number of hydrogen-bond donors (Lipinski definition) is 0. The van der Waals surface area contributed by atoms with Crippen molar-refractivity contribution >= 4 is 5.97 Å². The molecule has 1 aromatic rings. The Labute approximate surface area is 96.6 Å². The van der Waals surface area contributed by atoms with Crippen LogP contribution in [0.1, 0.15) is 31.4 Å². The highest BCUT2D eigenvalue weighted by Gasteiger charge is 1.94. The molecule has 0 heterocycles. The van der Waals surface area contributed by atoms with Crippen molar-refractivity contribution in [1.29, 1.82) is 0 Å². The van der Waals surface area contributed by atoms with Crippen molar-refractivity contribution < 1.29 is 9.53 Å². The summed E-state index contributed by atoms with van der Waals surface area (Å²) < 4.78 is 4.73. The Morgan fingerprint density at radius 2 is 2.19 bits per heavy atom. The molecule has 0 N–H and O–H groups in total. The van der Waals surface area contributed by atoms with E-state index in [1.165, 1.54) is 5.56 Å². The predicted octanol–water partition coefficient (Wildman–Crippen LogP) is 2.55. The number of ether oxygens (including phenoxy) is 1. The molecule has 0 aliphatic carbocycles. The zero-order valence-electron chi connectivity index (χ0n) is 9.75. The molecule has 0 saturated heterocycles. The molecule has 0 aromatic heterocycles. The molecule has 0 aliphatic rings. The summed E-state index contributed by atoms with van der Waals surface area (Å²) in [5, 5.41) is 0. The van der Waals surface area contributed by atoms with Crippen LogP contribution in [0.3, 0.4) is 0 Å². The number of aryl methyl sites for hydroxylation is 1. The highest BCUT2D eigenvalue weighted by Crippen LogP contribution is 2.06. The molecule has 0 atom stereocenters. The standard InChI is InChI=1S/C14H16O2/c1-3-6-12-7-5-8-13(11-12)9-10-14(15)16-4-2/h5,7-8,11H,3-4,6H2,1-2H3. The molecule has 0 amide bonds. The lowest BCUT2D eigenvalue weighted by molar-refractivity contribution is -0.136. The van der Waals surface area contributed by atoms with Crippen molar-refractivity contribution in [1.82, 2.24) is 0 Å². The summed E-state index contributed by atoms with van der Waals surface area (Å²) in [6.45, 7) is 4.27. The first kappa shape index (κ1) is 12.3. The summed E-state index contributed by atoms with van der Waals surface area (Å²) in [4.78, 5) is 11.0. The van der Waals surface area contributed by atoms with Crippen molar-refractivity contribution in [3.63, 3.8) is 0 Å². The van der Waals surface area contributed by atoms with Gasteiger partial charge >= 0.3 is 5.97 Å². The van der Waals surface area contributed by atoms with Crippen LogP contribution in [-0.2, 0) is 16.0 Å². The molecule has 0 spiro atoms. The van der Waals surface area contributed by atoms with Gasteiger partial charge in [-0.25, -0.2) is 4.79 Å². The monoisotopic (exact) mass is 216 g/mol. The third-order valence-electron chi connectivity index (χ3n) is 2.05. The van der Waals surface area contributed by atoms with E-state index >= 15 is 0 Å². The van der Waals surface area contributed by atoms with Gasteiger partial charge < -0.3 is 4.74 Å². The fourth-order valence-electron chi connectivity index (χ4n) is 1.38. The molecule has 0 bridgehead atoms. The molecular weight excluding hydrogens is 200 g/mol. The summed E-state index contributed by atoms with van der Waals surface area (Å²) in [5.41, 5.74) is 2.11. The number of carbonyl (C=O) groups excluding carboxylic acids is 1. The minimum Gasteiger partial charge on any atom is -0.456 e. The normalized spacial score (nSPS) is 9.12. The van der Waals surface area contributed by atoms with E-state index in [1.54, 1.807) is 6.92 Å². The van der Waals surface area contributed by atoms with Gasteiger partial charge in [0.15, 0.2) is 0 Å². The second kappa shape index (κ2) is 6.68. The van der Waals surface area contributed by atoms with E-state index in [9.17, 15) is 4.79 Å². The third-order valence-corrected chi connectivity index (χ3v) is 2.05. The van der Waals surface area contributed by atoms with E-state index in [-0.39, 0.29) is 0 Å². The van der Waals surface area contributed by atoms with Gasteiger partial charge in [0.2, 0.25) is 0 Å². The maximum atomic E-state index is 11.0. The van der Waals surface area contributed by atoms with E-state index in [0.717, 1.165) is 18.4 Å². The average molecular weight is 216 g/mol. The lowest BCUT2D eigenvalue weighted by atomic mass is 10.1. The first-order chi connectivity index (χ1) is 7.76. The highest BCUT2D eigenvalue weighted by atomic mass is 16.5. The fraction of sp³-hybridized carbons (Fsp3) is 0.357. The van der Waals surface area contributed by atoms with E-state index in [1.807, 2.05) is 18.2 Å². The van der Waals surface area contributed by atoms with E-state index in [4.69, 9.17) is 4.74 Å². The van der Waals surface area contributed by atoms with Gasteiger partial charge in [0, 0.05) is 11.5 Å². The number of esters is 1. The Balaban J connectivity index is 2.73. The lowest BCUT2D eigenvalue weighted by Gasteiger charge is -1.98. The molecule has 84 valence electrons. The van der Waals surface area contributed by atoms with Crippen molar-refractivity contribution in [2.75, 3.05) is 6.61 Å². The molecule has 0 saturated carbocycles. The second-order valence-corrected chi connectivity index (χ2v) is 3.42. The second-order valence-electron chi connectivity index (χ2n) is 3.42. The number of carbonyl (C=O) groups is 1. The zero-order chi connectivity index (χ0) is 11.8. The Morgan fingerprint density at radius 1 is 1.38 bits per heavy atom. The van der Waals surface area contributed by atoms with Gasteiger partial charge in [-0.1, -0.05) is 31.4 Å². The zero-order valence-corrected chi connectivity index (χ0v) is 9.75. The number of benzene rings is 1. The fourth-order valence-corrected chi connectivity index (χ4v) is 1.38. The van der Waals surface area contributed by atoms with Crippen LogP contribution >= 0.6 is 0 Å². The van der Waals surface area contributed by atoms with E-state index in [0.29, 0.717) is 6.61 Å². The quantitative estimate of drug-likeness (QED) is 0.573. The lowest BCUT2D eigenvalue weighted by Crippen LogP contribution is -1.99. The van der Waals surface area contributed by atoms with E-state index in [2.05, 4.69) is 24.8 Å². The molecule has 0 fully saturated rings. The van der Waals surface area contributed by atoms with Crippen LogP contribution < -0.4 is 0 Å². The van der Waals surface area contributed by atoms with Crippen LogP contribution in [-0.4, -0.2) is 12.6 Å². The SMILES string of the molecule is CCCc1cccc(C#CC(=O)OCC)c1. The van der Waals surface area contributed by atoms with Gasteiger partial charge in [-0.05, 0) is 31.0 Å². The van der Waals surface area contributed by atoms with Gasteiger partial charge in [-0.15, -0.1) is 0 Å². The molecule has 16 heavy (non-hydrogen) atoms. The van der Waals surface area contributed by atoms with Crippen LogP contribution in [0, 0.1) is 11.8 Å². The minimum atomic E-state index is -0.469. The summed E-state index contributed by atoms with van der Waals surface area (Å²) >= 11 is 0. The summed E-state index contributed by atoms with van der Waals surface area (Å²) in [5.74, 6) is 4.79. The predicted molar refractivity (Wildman–Crippen MR) is 63.9 cm³/mol. The van der Waals surface area contributed by atoms with Gasteiger partial charge in [0.05, 0.1) is 6.61 Å².